The Kier molecular flexibility index (Phi) is 2.87. The molecular formula is C15H19NO5. The van der Waals surface area contributed by atoms with Crippen LogP contribution < -0.4 is 0 Å². The molecule has 2 heterocycles. The second-order valence-electron chi connectivity index (χ2n) is 6.60. The van der Waals surface area contributed by atoms with E-state index in [2.05, 4.69) is 0 Å². The van der Waals surface area contributed by atoms with E-state index in [4.69, 9.17) is 4.74 Å². The van der Waals surface area contributed by atoms with E-state index in [-0.39, 0.29) is 29.9 Å². The second kappa shape index (κ2) is 4.55. The number of carboxylic acid groups (broad SMARTS) is 1. The summed E-state index contributed by atoms with van der Waals surface area (Å²) in [5.41, 5.74) is 0. The number of aliphatic carboxylic acids is 1. The van der Waals surface area contributed by atoms with Crippen LogP contribution in [0.25, 0.3) is 0 Å². The number of carbonyl (C=O) groups excluding carboxylic acids is 1. The molecule has 0 aromatic carbocycles. The van der Waals surface area contributed by atoms with Crippen molar-refractivity contribution in [2.24, 2.45) is 23.7 Å². The minimum absolute atomic E-state index is 0.0146. The van der Waals surface area contributed by atoms with Gasteiger partial charge in [0.15, 0.2) is 0 Å². The van der Waals surface area contributed by atoms with E-state index >= 15 is 0 Å². The molecule has 2 unspecified atom stereocenters. The molecule has 1 saturated carbocycles. The first-order valence-electron chi connectivity index (χ1n) is 7.59. The zero-order chi connectivity index (χ0) is 14.7. The number of hydrogen-bond donors (Lipinski definition) is 2. The summed E-state index contributed by atoms with van der Waals surface area (Å²) in [6.45, 7) is 0.737. The maximum Gasteiger partial charge on any atom is 0.307 e. The van der Waals surface area contributed by atoms with Gasteiger partial charge >= 0.3 is 5.97 Å². The summed E-state index contributed by atoms with van der Waals surface area (Å²) in [5, 5.41) is 19.5. The number of hydrogen-bond acceptors (Lipinski definition) is 4. The molecule has 114 valence electrons. The van der Waals surface area contributed by atoms with Crippen LogP contribution in [0.1, 0.15) is 12.8 Å². The molecule has 2 N–H and O–H groups in total. The van der Waals surface area contributed by atoms with Gasteiger partial charge in [-0.05, 0) is 24.7 Å². The van der Waals surface area contributed by atoms with Crippen LogP contribution in [0.5, 0.6) is 0 Å². The Hall–Kier alpha value is -1.40. The third-order valence-electron chi connectivity index (χ3n) is 5.63. The number of allylic oxidation sites excluding steroid dienone is 2. The van der Waals surface area contributed by atoms with Gasteiger partial charge in [0.25, 0.3) is 0 Å². The number of carbonyl (C=O) groups is 2. The van der Waals surface area contributed by atoms with Crippen LogP contribution in [0.15, 0.2) is 12.2 Å². The van der Waals surface area contributed by atoms with Gasteiger partial charge in [-0.2, -0.15) is 0 Å². The maximum atomic E-state index is 12.9. The highest BCUT2D eigenvalue weighted by Gasteiger charge is 2.55. The average molecular weight is 293 g/mol. The van der Waals surface area contributed by atoms with Gasteiger partial charge in [0.05, 0.1) is 24.5 Å². The third-order valence-corrected chi connectivity index (χ3v) is 5.63. The smallest absolute Gasteiger partial charge is 0.307 e. The summed E-state index contributed by atoms with van der Waals surface area (Å²) in [6.07, 6.45) is 4.76. The molecule has 2 aliphatic heterocycles. The Labute approximate surface area is 122 Å². The Bertz CT molecular complexity index is 518. The average Bonchev–Trinajstić information content (AvgIpc) is 3.02. The SMILES string of the molecule is O=C(O)[C@@H]1C2C=CC(CC2)[C@@H]1C(=O)N1C[C@H]2OC[C@@H]1[C@@H]2O. The van der Waals surface area contributed by atoms with Crippen LogP contribution in [0.3, 0.4) is 0 Å². The van der Waals surface area contributed by atoms with E-state index in [1.807, 2.05) is 12.2 Å². The number of ether oxygens (including phenoxy) is 1. The number of morpholine rings is 1. The summed E-state index contributed by atoms with van der Waals surface area (Å²) in [6, 6.07) is -0.304. The van der Waals surface area contributed by atoms with Gasteiger partial charge in [0, 0.05) is 6.54 Å². The van der Waals surface area contributed by atoms with Gasteiger partial charge in [0.1, 0.15) is 12.2 Å². The standard InChI is InChI=1S/C15H19NO5/c17-13-9-6-21-10(13)5-16(9)14(18)11-7-1-3-8(4-2-7)12(11)15(19)20/h1,3,7-13,17H,2,4-6H2,(H,19,20)/t7?,8?,9-,10-,11+,12-,13+/m1/s1. The number of nitrogens with zero attached hydrogens (tertiary/aromatic N) is 1. The van der Waals surface area contributed by atoms with E-state index in [1.165, 1.54) is 0 Å². The first-order valence-corrected chi connectivity index (χ1v) is 7.59. The molecule has 2 saturated heterocycles. The highest BCUT2D eigenvalue weighted by Crippen LogP contribution is 2.46. The summed E-state index contributed by atoms with van der Waals surface area (Å²) >= 11 is 0. The van der Waals surface area contributed by atoms with Crippen LogP contribution in [0.2, 0.25) is 0 Å². The van der Waals surface area contributed by atoms with E-state index in [9.17, 15) is 19.8 Å². The van der Waals surface area contributed by atoms with Crippen molar-refractivity contribution in [1.29, 1.82) is 0 Å². The number of likely N-dealkylation sites (tertiary alicyclic amines) is 1. The van der Waals surface area contributed by atoms with E-state index in [1.54, 1.807) is 4.90 Å². The molecule has 5 rings (SSSR count). The summed E-state index contributed by atoms with van der Waals surface area (Å²) in [5.74, 6) is -2.13. The van der Waals surface area contributed by atoms with Gasteiger partial charge in [-0.1, -0.05) is 12.2 Å². The van der Waals surface area contributed by atoms with Crippen molar-refractivity contribution >= 4 is 11.9 Å². The van der Waals surface area contributed by atoms with Crippen LogP contribution in [0, 0.1) is 23.7 Å². The molecule has 5 aliphatic rings. The zero-order valence-electron chi connectivity index (χ0n) is 11.6. The highest BCUT2D eigenvalue weighted by molar-refractivity contribution is 5.87. The number of amides is 1. The molecule has 21 heavy (non-hydrogen) atoms. The summed E-state index contributed by atoms with van der Waals surface area (Å²) in [4.78, 5) is 26.2. The minimum Gasteiger partial charge on any atom is -0.481 e. The molecule has 4 bridgehead atoms. The van der Waals surface area contributed by atoms with Gasteiger partial charge in [-0.3, -0.25) is 9.59 Å². The van der Waals surface area contributed by atoms with Crippen molar-refractivity contribution in [3.8, 4) is 0 Å². The van der Waals surface area contributed by atoms with Crippen molar-refractivity contribution in [3.63, 3.8) is 0 Å². The Balaban J connectivity index is 1.61. The van der Waals surface area contributed by atoms with E-state index in [0.717, 1.165) is 12.8 Å². The number of rotatable bonds is 2. The lowest BCUT2D eigenvalue weighted by Gasteiger charge is -2.44. The maximum absolute atomic E-state index is 12.9. The number of aliphatic hydroxyl groups excluding tert-OH is 1. The summed E-state index contributed by atoms with van der Waals surface area (Å²) < 4.78 is 5.39. The van der Waals surface area contributed by atoms with E-state index in [0.29, 0.717) is 13.2 Å². The molecule has 0 radical (unpaired) electrons. The number of carboxylic acids is 1. The largest absolute Gasteiger partial charge is 0.481 e. The van der Waals surface area contributed by atoms with Gasteiger partial charge in [-0.25, -0.2) is 0 Å². The molecule has 0 aromatic heterocycles. The fraction of sp³-hybridized carbons (Fsp3) is 0.733. The normalized spacial score (nSPS) is 47.1. The fourth-order valence-corrected chi connectivity index (χ4v) is 4.54. The monoisotopic (exact) mass is 293 g/mol. The Morgan fingerprint density at radius 3 is 2.29 bits per heavy atom. The first-order chi connectivity index (χ1) is 10.1. The molecule has 3 fully saturated rings. The quantitative estimate of drug-likeness (QED) is 0.693. The van der Waals surface area contributed by atoms with Crippen molar-refractivity contribution in [2.75, 3.05) is 13.2 Å². The molecule has 7 atom stereocenters. The van der Waals surface area contributed by atoms with Crippen molar-refractivity contribution < 1.29 is 24.5 Å². The molecule has 0 aromatic rings. The molecule has 6 nitrogen and oxygen atoms in total. The molecular weight excluding hydrogens is 274 g/mol. The van der Waals surface area contributed by atoms with Crippen LogP contribution in [-0.4, -0.2) is 58.4 Å². The predicted molar refractivity (Wildman–Crippen MR) is 71.2 cm³/mol. The second-order valence-corrected chi connectivity index (χ2v) is 6.60. The summed E-state index contributed by atoms with van der Waals surface area (Å²) in [7, 11) is 0. The van der Waals surface area contributed by atoms with Crippen molar-refractivity contribution in [2.45, 2.75) is 31.1 Å². The third kappa shape index (κ3) is 1.78. The Morgan fingerprint density at radius 2 is 1.81 bits per heavy atom. The van der Waals surface area contributed by atoms with Gasteiger partial charge in [-0.15, -0.1) is 0 Å². The van der Waals surface area contributed by atoms with Crippen LogP contribution in [-0.2, 0) is 14.3 Å². The highest BCUT2D eigenvalue weighted by atomic mass is 16.5. The Morgan fingerprint density at radius 1 is 1.14 bits per heavy atom. The van der Waals surface area contributed by atoms with Gasteiger partial charge in [0.2, 0.25) is 5.91 Å². The molecule has 0 spiro atoms. The van der Waals surface area contributed by atoms with Crippen LogP contribution >= 0.6 is 0 Å². The lowest BCUT2D eigenvalue weighted by Crippen LogP contribution is -2.53. The first kappa shape index (κ1) is 13.3. The van der Waals surface area contributed by atoms with Gasteiger partial charge < -0.3 is 19.8 Å². The van der Waals surface area contributed by atoms with Crippen molar-refractivity contribution in [1.82, 2.24) is 4.90 Å². The lowest BCUT2D eigenvalue weighted by atomic mass is 9.62. The number of aliphatic hydroxyl groups is 1. The van der Waals surface area contributed by atoms with Crippen LogP contribution in [0.4, 0.5) is 0 Å². The minimum atomic E-state index is -0.881. The molecule has 3 aliphatic carbocycles. The molecule has 6 heteroatoms. The number of fused-ring (bicyclic) bond motifs is 4. The lowest BCUT2D eigenvalue weighted by molar-refractivity contribution is -0.158. The fourth-order valence-electron chi connectivity index (χ4n) is 4.54. The molecule has 1 amide bonds. The van der Waals surface area contributed by atoms with Crippen molar-refractivity contribution in [3.05, 3.63) is 12.2 Å². The zero-order valence-corrected chi connectivity index (χ0v) is 11.6. The predicted octanol–water partition coefficient (Wildman–Crippen LogP) is -0.130. The topological polar surface area (TPSA) is 87.1 Å². The van der Waals surface area contributed by atoms with E-state index < -0.39 is 23.9 Å².